The van der Waals surface area contributed by atoms with E-state index in [1.54, 1.807) is 10.1 Å². The Morgan fingerprint density at radius 2 is 2.12 bits per heavy atom. The highest BCUT2D eigenvalue weighted by atomic mass is 32.2. The summed E-state index contributed by atoms with van der Waals surface area (Å²) in [7, 11) is 2.09. The van der Waals surface area contributed by atoms with E-state index in [1.807, 2.05) is 12.2 Å². The summed E-state index contributed by atoms with van der Waals surface area (Å²) in [6.07, 6.45) is 6.30. The molecule has 0 aromatic carbocycles. The van der Waals surface area contributed by atoms with Gasteiger partial charge in [0.15, 0.2) is 10.8 Å². The number of aromatic nitrogens is 5. The molecule has 48 heavy (non-hydrogen) atoms. The van der Waals surface area contributed by atoms with Gasteiger partial charge in [-0.05, 0) is 42.8 Å². The molecule has 6 rings (SSSR count). The number of thiazole rings is 1. The minimum Gasteiger partial charge on any atom is -0.481 e. The molecular formula is C28H37N11O6S3. The van der Waals surface area contributed by atoms with Gasteiger partial charge >= 0.3 is 5.97 Å². The number of carbonyl (C=O) groups is 4. The average molecular weight is 720 g/mol. The number of allylic oxidation sites excluding steroid dienone is 1. The Morgan fingerprint density at radius 1 is 1.31 bits per heavy atom. The van der Waals surface area contributed by atoms with Crippen molar-refractivity contribution in [1.82, 2.24) is 45.2 Å². The standard InChI is InChI=1S/C28H37N11O6S3/c1-3-19(37-10-8-36(2)9-11-37)39-27(32-34-35-39)48-15-28(25(43)44)13-38-23(42)21(24(38)47-14-28)31-22(41)20(33-45-17-6-4-5-7-17)18-12-46-26(30-18)29-16-40/h4,6,12,16-17,19,21,24H,3,5,7-11,13-15H2,1-2H3,(H,31,41)(H,43,44)(H,29,30,40)/t17?,19?,21?,24-,28?/m1/s1. The van der Waals surface area contributed by atoms with Gasteiger partial charge in [0.2, 0.25) is 17.5 Å². The lowest BCUT2D eigenvalue weighted by Crippen LogP contribution is -2.74. The van der Waals surface area contributed by atoms with Gasteiger partial charge in [0.05, 0.1) is 0 Å². The molecule has 0 bridgehead atoms. The van der Waals surface area contributed by atoms with Crippen molar-refractivity contribution in [3.8, 4) is 0 Å². The van der Waals surface area contributed by atoms with Crippen LogP contribution in [-0.4, -0.2) is 144 Å². The van der Waals surface area contributed by atoms with Crippen molar-refractivity contribution in [3.63, 3.8) is 0 Å². The largest absolute Gasteiger partial charge is 0.481 e. The molecule has 5 atom stereocenters. The normalized spacial score (nSPS) is 26.9. The average Bonchev–Trinajstić information content (AvgIpc) is 3.88. The smallest absolute Gasteiger partial charge is 0.313 e. The highest BCUT2D eigenvalue weighted by Crippen LogP contribution is 2.44. The summed E-state index contributed by atoms with van der Waals surface area (Å²) < 4.78 is 1.77. The second-order valence-electron chi connectivity index (χ2n) is 12.0. The highest BCUT2D eigenvalue weighted by Gasteiger charge is 2.57. The Labute approximate surface area is 288 Å². The van der Waals surface area contributed by atoms with Crippen molar-refractivity contribution in [3.05, 3.63) is 23.2 Å². The summed E-state index contributed by atoms with van der Waals surface area (Å²) in [6, 6.07) is -0.883. The van der Waals surface area contributed by atoms with Crippen LogP contribution >= 0.6 is 34.9 Å². The van der Waals surface area contributed by atoms with Crippen LogP contribution in [0, 0.1) is 5.41 Å². The zero-order chi connectivity index (χ0) is 33.8. The molecule has 3 saturated heterocycles. The molecule has 0 radical (unpaired) electrons. The molecule has 4 aliphatic rings. The van der Waals surface area contributed by atoms with Gasteiger partial charge in [-0.3, -0.25) is 24.1 Å². The number of oxime groups is 1. The molecular weight excluding hydrogens is 683 g/mol. The number of carboxylic acid groups (broad SMARTS) is 1. The Bertz CT molecular complexity index is 1580. The Kier molecular flexibility index (Phi) is 10.6. The number of piperazine rings is 1. The number of aliphatic carboxylic acids is 1. The number of hydrogen-bond acceptors (Lipinski definition) is 15. The van der Waals surface area contributed by atoms with Crippen molar-refractivity contribution in [2.75, 3.05) is 56.6 Å². The maximum atomic E-state index is 13.5. The molecule has 3 N–H and O–H groups in total. The summed E-state index contributed by atoms with van der Waals surface area (Å²) >= 11 is 3.70. The minimum absolute atomic E-state index is 0.0136. The number of thioether (sulfide) groups is 2. The van der Waals surface area contributed by atoms with Gasteiger partial charge in [-0.2, -0.15) is 0 Å². The Hall–Kier alpha value is -3.59. The second-order valence-corrected chi connectivity index (χ2v) is 14.9. The molecule has 5 heterocycles. The zero-order valence-electron chi connectivity index (χ0n) is 26.4. The summed E-state index contributed by atoms with van der Waals surface area (Å²) in [6.45, 7) is 5.71. The van der Waals surface area contributed by atoms with E-state index in [0.29, 0.717) is 11.6 Å². The van der Waals surface area contributed by atoms with Gasteiger partial charge in [-0.1, -0.05) is 29.9 Å². The fourth-order valence-electron chi connectivity index (χ4n) is 6.01. The fraction of sp³-hybridized carbons (Fsp3) is 0.607. The molecule has 4 unspecified atom stereocenters. The zero-order valence-corrected chi connectivity index (χ0v) is 28.9. The summed E-state index contributed by atoms with van der Waals surface area (Å²) in [5, 5.41) is 34.0. The molecule has 20 heteroatoms. The number of hydrogen-bond donors (Lipinski definition) is 3. The van der Waals surface area contributed by atoms with E-state index in [2.05, 4.69) is 60.1 Å². The first kappa shape index (κ1) is 34.3. The molecule has 2 aromatic heterocycles. The number of anilines is 1. The van der Waals surface area contributed by atoms with Crippen LogP contribution in [0.5, 0.6) is 0 Å². The maximum absolute atomic E-state index is 13.5. The van der Waals surface area contributed by atoms with Crippen molar-refractivity contribution in [2.24, 2.45) is 10.6 Å². The molecule has 3 amide bonds. The molecule has 3 fully saturated rings. The van der Waals surface area contributed by atoms with Gasteiger partial charge in [-0.25, -0.2) is 9.67 Å². The molecule has 1 aliphatic carbocycles. The lowest BCUT2D eigenvalue weighted by molar-refractivity contribution is -0.157. The molecule has 0 saturated carbocycles. The number of amides is 3. The first-order valence-electron chi connectivity index (χ1n) is 15.6. The molecule has 17 nitrogen and oxygen atoms in total. The Balaban J connectivity index is 1.11. The van der Waals surface area contributed by atoms with Gasteiger partial charge in [0.25, 0.3) is 5.91 Å². The first-order valence-corrected chi connectivity index (χ1v) is 18.5. The summed E-state index contributed by atoms with van der Waals surface area (Å²) in [5.41, 5.74) is -1.19. The number of tetrazole rings is 1. The monoisotopic (exact) mass is 719 g/mol. The molecule has 0 spiro atoms. The van der Waals surface area contributed by atoms with E-state index in [4.69, 9.17) is 4.84 Å². The van der Waals surface area contributed by atoms with Crippen molar-refractivity contribution >= 4 is 69.9 Å². The SMILES string of the molecule is CCC(N1CCN(C)CC1)n1nnnc1SCC1(C(=O)O)CS[C@@H]2C(NC(=O)C(=NOC3C=CCC3)c3csc(NC=O)n3)C(=O)N2C1. The van der Waals surface area contributed by atoms with Crippen LogP contribution < -0.4 is 10.6 Å². The van der Waals surface area contributed by atoms with E-state index in [1.165, 1.54) is 28.4 Å². The van der Waals surface area contributed by atoms with Crippen LogP contribution in [0.4, 0.5) is 5.13 Å². The topological polar surface area (TPSA) is 200 Å². The molecule has 258 valence electrons. The number of carboxylic acids is 1. The fourth-order valence-corrected chi connectivity index (χ4v) is 9.44. The van der Waals surface area contributed by atoms with Crippen LogP contribution in [0.15, 0.2) is 27.8 Å². The third-order valence-corrected chi connectivity index (χ3v) is 12.4. The van der Waals surface area contributed by atoms with E-state index >= 15 is 0 Å². The van der Waals surface area contributed by atoms with Gasteiger partial charge in [0, 0.05) is 49.6 Å². The molecule has 3 aliphatic heterocycles. The van der Waals surface area contributed by atoms with Crippen LogP contribution in [0.3, 0.4) is 0 Å². The predicted molar refractivity (Wildman–Crippen MR) is 178 cm³/mol. The van der Waals surface area contributed by atoms with Crippen LogP contribution in [0.1, 0.15) is 38.0 Å². The lowest BCUT2D eigenvalue weighted by atomic mass is 9.89. The van der Waals surface area contributed by atoms with Gasteiger partial charge in [0.1, 0.15) is 34.8 Å². The number of carbonyl (C=O) groups excluding carboxylic acids is 3. The second kappa shape index (κ2) is 14.9. The minimum atomic E-state index is -1.25. The quantitative estimate of drug-likeness (QED) is 0.0611. The third-order valence-electron chi connectivity index (χ3n) is 8.82. The van der Waals surface area contributed by atoms with Gasteiger partial charge < -0.3 is 30.4 Å². The number of β-lactam (4-membered cyclic amide) rings is 1. The van der Waals surface area contributed by atoms with Crippen molar-refractivity contribution in [2.45, 2.75) is 55.0 Å². The maximum Gasteiger partial charge on any atom is 0.313 e. The first-order chi connectivity index (χ1) is 23.2. The number of nitrogens with zero attached hydrogens (tertiary/aromatic N) is 9. The number of nitrogens with one attached hydrogen (secondary N) is 2. The summed E-state index contributed by atoms with van der Waals surface area (Å²) in [4.78, 5) is 66.4. The summed E-state index contributed by atoms with van der Waals surface area (Å²) in [5.74, 6) is -1.68. The highest BCUT2D eigenvalue weighted by molar-refractivity contribution is 8.00. The Morgan fingerprint density at radius 3 is 2.83 bits per heavy atom. The molecule has 2 aromatic rings. The third kappa shape index (κ3) is 7.07. The predicted octanol–water partition coefficient (Wildman–Crippen LogP) is 0.556. The van der Waals surface area contributed by atoms with Gasteiger partial charge in [-0.15, -0.1) is 28.2 Å². The van der Waals surface area contributed by atoms with Crippen LogP contribution in [-0.2, 0) is 24.0 Å². The van der Waals surface area contributed by atoms with Crippen molar-refractivity contribution in [1.29, 1.82) is 0 Å². The lowest BCUT2D eigenvalue weighted by Gasteiger charge is -2.53. The van der Waals surface area contributed by atoms with E-state index in [9.17, 15) is 24.3 Å². The number of fused-ring (bicyclic) bond motifs is 1. The number of likely N-dealkylation sites (N-methyl/N-ethyl adjacent to an activating group) is 1. The van der Waals surface area contributed by atoms with E-state index in [-0.39, 0.29) is 52.8 Å². The van der Waals surface area contributed by atoms with E-state index in [0.717, 1.165) is 56.8 Å². The van der Waals surface area contributed by atoms with Crippen molar-refractivity contribution < 1.29 is 29.1 Å². The number of rotatable bonds is 14. The van der Waals surface area contributed by atoms with E-state index < -0.39 is 28.7 Å². The van der Waals surface area contributed by atoms with Crippen LogP contribution in [0.25, 0.3) is 0 Å². The van der Waals surface area contributed by atoms with Crippen LogP contribution in [0.2, 0.25) is 0 Å².